The number of hydrogen-bond donors (Lipinski definition) is 0. The van der Waals surface area contributed by atoms with Crippen molar-refractivity contribution in [2.75, 3.05) is 46.3 Å². The zero-order chi connectivity index (χ0) is 18.6. The monoisotopic (exact) mass is 388 g/mol. The number of rotatable bonds is 5. The van der Waals surface area contributed by atoms with Crippen LogP contribution in [0.2, 0.25) is 5.02 Å². The van der Waals surface area contributed by atoms with Crippen molar-refractivity contribution in [2.45, 2.75) is 31.8 Å². The summed E-state index contributed by atoms with van der Waals surface area (Å²) >= 11 is 6.07. The molecule has 2 aliphatic heterocycles. The molecule has 0 radical (unpaired) electrons. The predicted molar refractivity (Wildman–Crippen MR) is 109 cm³/mol. The number of oxazole rings is 1. The smallest absolute Gasteiger partial charge is 0.209 e. The van der Waals surface area contributed by atoms with Crippen LogP contribution in [0.25, 0.3) is 11.3 Å². The summed E-state index contributed by atoms with van der Waals surface area (Å²) in [5, 5.41) is 0.713. The Morgan fingerprint density at radius 2 is 1.93 bits per heavy atom. The van der Waals surface area contributed by atoms with Crippen LogP contribution in [-0.2, 0) is 6.54 Å². The first-order chi connectivity index (χ1) is 13.2. The van der Waals surface area contributed by atoms with Crippen LogP contribution in [0.15, 0.2) is 34.9 Å². The normalized spacial score (nSPS) is 23.0. The summed E-state index contributed by atoms with van der Waals surface area (Å²) in [4.78, 5) is 12.1. The minimum Gasteiger partial charge on any atom is -0.439 e. The molecule has 0 bridgehead atoms. The van der Waals surface area contributed by atoms with Crippen LogP contribution in [0.5, 0.6) is 0 Å². The Bertz CT molecular complexity index is 741. The standard InChI is InChI=1S/C21H29ClN4O/c1-24-8-3-2-7-19(24)15-25-9-11-26(12-10-25)16-21-23-14-20(27-21)17-5-4-6-18(22)13-17/h4-6,13-14,19H,2-3,7-12,15-16H2,1H3. The van der Waals surface area contributed by atoms with Gasteiger partial charge in [0.05, 0.1) is 12.7 Å². The van der Waals surface area contributed by atoms with Crippen LogP contribution in [0.3, 0.4) is 0 Å². The molecule has 27 heavy (non-hydrogen) atoms. The van der Waals surface area contributed by atoms with Gasteiger partial charge in [0.2, 0.25) is 5.89 Å². The molecule has 4 rings (SSSR count). The topological polar surface area (TPSA) is 35.8 Å². The average molecular weight is 389 g/mol. The molecule has 1 atom stereocenters. The number of halogens is 1. The first-order valence-corrected chi connectivity index (χ1v) is 10.4. The van der Waals surface area contributed by atoms with Gasteiger partial charge in [-0.25, -0.2) is 4.98 Å². The highest BCUT2D eigenvalue weighted by Gasteiger charge is 2.24. The predicted octanol–water partition coefficient (Wildman–Crippen LogP) is 3.60. The van der Waals surface area contributed by atoms with Crippen LogP contribution in [-0.4, -0.2) is 72.0 Å². The maximum atomic E-state index is 6.07. The Kier molecular flexibility index (Phi) is 6.13. The largest absolute Gasteiger partial charge is 0.439 e. The molecule has 0 N–H and O–H groups in total. The van der Waals surface area contributed by atoms with Crippen molar-refractivity contribution in [3.8, 4) is 11.3 Å². The molecular formula is C21H29ClN4O. The molecule has 5 nitrogen and oxygen atoms in total. The molecular weight excluding hydrogens is 360 g/mol. The molecule has 6 heteroatoms. The molecule has 0 saturated carbocycles. The summed E-state index contributed by atoms with van der Waals surface area (Å²) in [5.74, 6) is 1.57. The number of nitrogens with zero attached hydrogens (tertiary/aromatic N) is 4. The molecule has 1 aromatic heterocycles. The first kappa shape index (κ1) is 18.9. The lowest BCUT2D eigenvalue weighted by Crippen LogP contribution is -2.51. The Morgan fingerprint density at radius 3 is 2.70 bits per heavy atom. The third-order valence-electron chi connectivity index (χ3n) is 5.88. The van der Waals surface area contributed by atoms with E-state index in [-0.39, 0.29) is 0 Å². The van der Waals surface area contributed by atoms with Gasteiger partial charge in [0.1, 0.15) is 0 Å². The minimum absolute atomic E-state index is 0.713. The molecule has 2 aromatic rings. The Morgan fingerprint density at radius 1 is 1.11 bits per heavy atom. The third-order valence-corrected chi connectivity index (χ3v) is 6.11. The molecule has 1 aromatic carbocycles. The van der Waals surface area contributed by atoms with Crippen LogP contribution >= 0.6 is 11.6 Å². The molecule has 1 unspecified atom stereocenters. The first-order valence-electron chi connectivity index (χ1n) is 10.0. The second-order valence-corrected chi connectivity index (χ2v) is 8.27. The van der Waals surface area contributed by atoms with Gasteiger partial charge in [-0.1, -0.05) is 30.2 Å². The SMILES string of the molecule is CN1CCCCC1CN1CCN(Cc2ncc(-c3cccc(Cl)c3)o2)CC1. The van der Waals surface area contributed by atoms with E-state index in [1.54, 1.807) is 6.20 Å². The van der Waals surface area contributed by atoms with E-state index in [1.165, 1.54) is 32.4 Å². The average Bonchev–Trinajstić information content (AvgIpc) is 3.14. The Balaban J connectivity index is 1.27. The molecule has 2 aliphatic rings. The summed E-state index contributed by atoms with van der Waals surface area (Å²) in [5.41, 5.74) is 0.975. The van der Waals surface area contributed by atoms with Crippen molar-refractivity contribution in [3.63, 3.8) is 0 Å². The van der Waals surface area contributed by atoms with Gasteiger partial charge in [0.15, 0.2) is 5.76 Å². The fourth-order valence-corrected chi connectivity index (χ4v) is 4.34. The maximum Gasteiger partial charge on any atom is 0.209 e. The summed E-state index contributed by atoms with van der Waals surface area (Å²) in [6.45, 7) is 7.65. The lowest BCUT2D eigenvalue weighted by Gasteiger charge is -2.40. The second kappa shape index (κ2) is 8.74. The second-order valence-electron chi connectivity index (χ2n) is 7.84. The van der Waals surface area contributed by atoms with E-state index >= 15 is 0 Å². The summed E-state index contributed by atoms with van der Waals surface area (Å²) < 4.78 is 5.96. The molecule has 0 spiro atoms. The van der Waals surface area contributed by atoms with Gasteiger partial charge in [0.25, 0.3) is 0 Å². The van der Waals surface area contributed by atoms with Crippen molar-refractivity contribution in [2.24, 2.45) is 0 Å². The summed E-state index contributed by atoms with van der Waals surface area (Å²) in [6, 6.07) is 8.44. The summed E-state index contributed by atoms with van der Waals surface area (Å²) in [7, 11) is 2.28. The quantitative estimate of drug-likeness (QED) is 0.782. The van der Waals surface area contributed by atoms with Crippen molar-refractivity contribution < 1.29 is 4.42 Å². The number of hydrogen-bond acceptors (Lipinski definition) is 5. The van der Waals surface area contributed by atoms with E-state index in [0.717, 1.165) is 56.0 Å². The van der Waals surface area contributed by atoms with Gasteiger partial charge >= 0.3 is 0 Å². The fourth-order valence-electron chi connectivity index (χ4n) is 4.15. The molecule has 146 valence electrons. The van der Waals surface area contributed by atoms with Crippen LogP contribution in [0, 0.1) is 0 Å². The number of likely N-dealkylation sites (N-methyl/N-ethyl adjacent to an activating group) is 1. The van der Waals surface area contributed by atoms with Gasteiger partial charge < -0.3 is 9.32 Å². The van der Waals surface area contributed by atoms with Gasteiger partial charge in [-0.05, 0) is 38.6 Å². The lowest BCUT2D eigenvalue weighted by atomic mass is 10.0. The van der Waals surface area contributed by atoms with Crippen molar-refractivity contribution in [1.82, 2.24) is 19.7 Å². The number of aromatic nitrogens is 1. The van der Waals surface area contributed by atoms with E-state index in [1.807, 2.05) is 24.3 Å². The lowest BCUT2D eigenvalue weighted by molar-refractivity contribution is 0.0784. The van der Waals surface area contributed by atoms with E-state index in [4.69, 9.17) is 16.0 Å². The van der Waals surface area contributed by atoms with Crippen molar-refractivity contribution in [3.05, 3.63) is 41.4 Å². The molecule has 0 amide bonds. The highest BCUT2D eigenvalue weighted by molar-refractivity contribution is 6.30. The number of benzene rings is 1. The zero-order valence-corrected chi connectivity index (χ0v) is 16.9. The van der Waals surface area contributed by atoms with E-state index in [9.17, 15) is 0 Å². The molecule has 2 fully saturated rings. The Labute approximate surface area is 166 Å². The molecule has 3 heterocycles. The van der Waals surface area contributed by atoms with Gasteiger partial charge in [0, 0.05) is 49.4 Å². The molecule has 2 saturated heterocycles. The molecule has 0 aliphatic carbocycles. The van der Waals surface area contributed by atoms with E-state index < -0.39 is 0 Å². The highest BCUT2D eigenvalue weighted by atomic mass is 35.5. The minimum atomic E-state index is 0.713. The fraction of sp³-hybridized carbons (Fsp3) is 0.571. The van der Waals surface area contributed by atoms with E-state index in [0.29, 0.717) is 5.02 Å². The Hall–Kier alpha value is -1.40. The number of piperazine rings is 1. The van der Waals surface area contributed by atoms with Gasteiger partial charge in [-0.15, -0.1) is 0 Å². The zero-order valence-electron chi connectivity index (χ0n) is 16.1. The van der Waals surface area contributed by atoms with Crippen LogP contribution in [0.1, 0.15) is 25.2 Å². The highest BCUT2D eigenvalue weighted by Crippen LogP contribution is 2.24. The summed E-state index contributed by atoms with van der Waals surface area (Å²) in [6.07, 6.45) is 5.89. The number of piperidine rings is 1. The van der Waals surface area contributed by atoms with Crippen molar-refractivity contribution >= 4 is 11.6 Å². The van der Waals surface area contributed by atoms with Gasteiger partial charge in [-0.3, -0.25) is 9.80 Å². The maximum absolute atomic E-state index is 6.07. The van der Waals surface area contributed by atoms with E-state index in [2.05, 4.69) is 26.7 Å². The third kappa shape index (κ3) is 4.91. The number of likely N-dealkylation sites (tertiary alicyclic amines) is 1. The van der Waals surface area contributed by atoms with Crippen molar-refractivity contribution in [1.29, 1.82) is 0 Å². The van der Waals surface area contributed by atoms with Crippen LogP contribution < -0.4 is 0 Å². The van der Waals surface area contributed by atoms with Crippen LogP contribution in [0.4, 0.5) is 0 Å². The van der Waals surface area contributed by atoms with Gasteiger partial charge in [-0.2, -0.15) is 0 Å².